The maximum atomic E-state index is 12.1. The molecule has 0 heterocycles. The minimum atomic E-state index is -5.79. The maximum Gasteiger partial charge on any atom is 0.426 e. The van der Waals surface area contributed by atoms with E-state index in [9.17, 15) is 31.1 Å². The number of carbonyl (C=O) groups excluding carboxylic acids is 1. The zero-order chi connectivity index (χ0) is 10.9. The fraction of sp³-hybridized carbons (Fsp3) is 0.800. The van der Waals surface area contributed by atoms with Crippen LogP contribution in [0, 0.1) is 0 Å². The van der Waals surface area contributed by atoms with Crippen molar-refractivity contribution in [1.29, 1.82) is 0 Å². The van der Waals surface area contributed by atoms with E-state index >= 15 is 0 Å². The Morgan fingerprint density at radius 2 is 1.62 bits per heavy atom. The van der Waals surface area contributed by atoms with Gasteiger partial charge in [-0.05, 0) is 0 Å². The highest BCUT2D eigenvalue weighted by Crippen LogP contribution is 2.35. The number of carbonyl (C=O) groups is 1. The zero-order valence-electron chi connectivity index (χ0n) is 6.16. The molecule has 0 aromatic rings. The van der Waals surface area contributed by atoms with E-state index in [1.165, 1.54) is 0 Å². The van der Waals surface area contributed by atoms with E-state index in [1.807, 2.05) is 0 Å². The first-order valence-electron chi connectivity index (χ1n) is 2.81. The molecule has 0 aromatic carbocycles. The monoisotopic (exact) mass is 210 g/mol. The van der Waals surface area contributed by atoms with E-state index in [0.717, 1.165) is 0 Å². The van der Waals surface area contributed by atoms with Crippen molar-refractivity contribution in [2.75, 3.05) is 7.11 Å². The number of hydrogen-bond donors (Lipinski definition) is 0. The van der Waals surface area contributed by atoms with Crippen LogP contribution in [-0.2, 0) is 9.53 Å². The Balaban J connectivity index is 4.74. The van der Waals surface area contributed by atoms with Gasteiger partial charge in [0.05, 0.1) is 7.11 Å². The summed E-state index contributed by atoms with van der Waals surface area (Å²) in [5.41, 5.74) is 0. The Morgan fingerprint density at radius 3 is 1.85 bits per heavy atom. The molecule has 0 saturated carbocycles. The second-order valence-corrected chi connectivity index (χ2v) is 2.02. The number of ether oxygens (including phenoxy) is 1. The molecule has 0 aliphatic carbocycles. The van der Waals surface area contributed by atoms with Gasteiger partial charge in [-0.15, -0.1) is 0 Å². The SMILES string of the molecule is COC(=O)C(F)(F)[C@H](F)C(F)(F)F. The number of halogens is 6. The average molecular weight is 210 g/mol. The first-order valence-corrected chi connectivity index (χ1v) is 2.81. The van der Waals surface area contributed by atoms with Gasteiger partial charge in [0, 0.05) is 0 Å². The van der Waals surface area contributed by atoms with Crippen LogP contribution in [-0.4, -0.2) is 31.3 Å². The molecule has 0 aliphatic heterocycles. The van der Waals surface area contributed by atoms with Crippen LogP contribution in [0.3, 0.4) is 0 Å². The molecular weight excluding hydrogens is 206 g/mol. The summed E-state index contributed by atoms with van der Waals surface area (Å²) in [4.78, 5) is 10.0. The molecule has 0 N–H and O–H groups in total. The Labute approximate surface area is 68.5 Å². The minimum Gasteiger partial charge on any atom is -0.464 e. The lowest BCUT2D eigenvalue weighted by Gasteiger charge is -2.19. The van der Waals surface area contributed by atoms with Crippen LogP contribution < -0.4 is 0 Å². The molecule has 0 aromatic heterocycles. The van der Waals surface area contributed by atoms with Crippen LogP contribution in [0.2, 0.25) is 0 Å². The smallest absolute Gasteiger partial charge is 0.426 e. The van der Waals surface area contributed by atoms with Crippen molar-refractivity contribution in [3.8, 4) is 0 Å². The molecule has 0 rings (SSSR count). The first-order chi connectivity index (χ1) is 5.64. The molecule has 2 nitrogen and oxygen atoms in total. The molecule has 0 bridgehead atoms. The summed E-state index contributed by atoms with van der Waals surface area (Å²) >= 11 is 0. The number of esters is 1. The fourth-order valence-corrected chi connectivity index (χ4v) is 0.445. The van der Waals surface area contributed by atoms with E-state index in [4.69, 9.17) is 0 Å². The third kappa shape index (κ3) is 2.49. The number of hydrogen-bond acceptors (Lipinski definition) is 2. The van der Waals surface area contributed by atoms with Gasteiger partial charge in [0.25, 0.3) is 6.17 Å². The van der Waals surface area contributed by atoms with Crippen molar-refractivity contribution in [3.63, 3.8) is 0 Å². The average Bonchev–Trinajstić information content (AvgIpc) is 1.99. The molecule has 0 saturated heterocycles. The van der Waals surface area contributed by atoms with E-state index in [2.05, 4.69) is 4.74 Å². The molecule has 78 valence electrons. The van der Waals surface area contributed by atoms with Gasteiger partial charge >= 0.3 is 18.1 Å². The van der Waals surface area contributed by atoms with Gasteiger partial charge in [0.1, 0.15) is 0 Å². The third-order valence-corrected chi connectivity index (χ3v) is 1.06. The highest BCUT2D eigenvalue weighted by molar-refractivity contribution is 5.78. The molecule has 13 heavy (non-hydrogen) atoms. The summed E-state index contributed by atoms with van der Waals surface area (Å²) in [6.45, 7) is 0. The number of alkyl halides is 6. The Morgan fingerprint density at radius 1 is 1.23 bits per heavy atom. The van der Waals surface area contributed by atoms with Gasteiger partial charge in [-0.3, -0.25) is 0 Å². The van der Waals surface area contributed by atoms with Crippen LogP contribution in [0.4, 0.5) is 26.3 Å². The Kier molecular flexibility index (Phi) is 3.18. The molecule has 0 fully saturated rings. The van der Waals surface area contributed by atoms with Crippen LogP contribution in [0.5, 0.6) is 0 Å². The van der Waals surface area contributed by atoms with Gasteiger partial charge in [0.15, 0.2) is 0 Å². The van der Waals surface area contributed by atoms with Crippen molar-refractivity contribution in [2.24, 2.45) is 0 Å². The van der Waals surface area contributed by atoms with Crippen molar-refractivity contribution < 1.29 is 35.9 Å². The van der Waals surface area contributed by atoms with Crippen LogP contribution in [0.25, 0.3) is 0 Å². The predicted octanol–water partition coefficient (Wildman–Crippen LogP) is 1.70. The fourth-order valence-electron chi connectivity index (χ4n) is 0.445. The second kappa shape index (κ2) is 3.43. The Hall–Kier alpha value is -0.950. The molecule has 8 heteroatoms. The van der Waals surface area contributed by atoms with E-state index in [-0.39, 0.29) is 0 Å². The Bertz CT molecular complexity index is 198. The lowest BCUT2D eigenvalue weighted by Crippen LogP contribution is -2.47. The second-order valence-electron chi connectivity index (χ2n) is 2.02. The van der Waals surface area contributed by atoms with Crippen LogP contribution >= 0.6 is 0 Å². The summed E-state index contributed by atoms with van der Waals surface area (Å²) in [6, 6.07) is 0. The van der Waals surface area contributed by atoms with Crippen molar-refractivity contribution >= 4 is 5.97 Å². The minimum absolute atomic E-state index is 0.430. The highest BCUT2D eigenvalue weighted by Gasteiger charge is 2.62. The largest absolute Gasteiger partial charge is 0.464 e. The molecule has 0 amide bonds. The molecule has 0 radical (unpaired) electrons. The van der Waals surface area contributed by atoms with E-state index < -0.39 is 24.2 Å². The van der Waals surface area contributed by atoms with Gasteiger partial charge in [-0.25, -0.2) is 9.18 Å². The van der Waals surface area contributed by atoms with Crippen LogP contribution in [0.1, 0.15) is 0 Å². The lowest BCUT2D eigenvalue weighted by atomic mass is 10.2. The quantitative estimate of drug-likeness (QED) is 0.512. The summed E-state index contributed by atoms with van der Waals surface area (Å²) in [6.07, 6.45) is -10.3. The van der Waals surface area contributed by atoms with Gasteiger partial charge < -0.3 is 4.74 Å². The van der Waals surface area contributed by atoms with Crippen molar-refractivity contribution in [3.05, 3.63) is 0 Å². The van der Waals surface area contributed by atoms with E-state index in [0.29, 0.717) is 7.11 Å². The molecule has 0 unspecified atom stereocenters. The number of rotatable bonds is 2. The van der Waals surface area contributed by atoms with Gasteiger partial charge in [-0.2, -0.15) is 22.0 Å². The van der Waals surface area contributed by atoms with Gasteiger partial charge in [0.2, 0.25) is 0 Å². The standard InChI is InChI=1S/C5H4F6O2/c1-13-3(12)4(7,8)2(6)5(9,10)11/h2H,1H3/t2-/m0/s1. The number of methoxy groups -OCH3 is 1. The van der Waals surface area contributed by atoms with Crippen LogP contribution in [0.15, 0.2) is 0 Å². The summed E-state index contributed by atoms with van der Waals surface area (Å²) < 4.78 is 73.7. The summed E-state index contributed by atoms with van der Waals surface area (Å²) in [7, 11) is 0.430. The zero-order valence-corrected chi connectivity index (χ0v) is 6.16. The lowest BCUT2D eigenvalue weighted by molar-refractivity contribution is -0.248. The maximum absolute atomic E-state index is 12.1. The van der Waals surface area contributed by atoms with Crippen molar-refractivity contribution in [2.45, 2.75) is 18.3 Å². The molecular formula is C5H4F6O2. The first kappa shape index (κ1) is 12.0. The molecule has 1 atom stereocenters. The molecule has 0 spiro atoms. The van der Waals surface area contributed by atoms with E-state index in [1.54, 1.807) is 0 Å². The normalized spacial score (nSPS) is 15.3. The summed E-state index contributed by atoms with van der Waals surface area (Å²) in [5, 5.41) is 0. The topological polar surface area (TPSA) is 26.3 Å². The third-order valence-electron chi connectivity index (χ3n) is 1.06. The highest BCUT2D eigenvalue weighted by atomic mass is 19.4. The van der Waals surface area contributed by atoms with Gasteiger partial charge in [-0.1, -0.05) is 0 Å². The summed E-state index contributed by atoms with van der Waals surface area (Å²) in [5.74, 6) is -7.76. The molecule has 0 aliphatic rings. The van der Waals surface area contributed by atoms with Crippen molar-refractivity contribution in [1.82, 2.24) is 0 Å². The predicted molar refractivity (Wildman–Crippen MR) is 27.9 cm³/mol.